The van der Waals surface area contributed by atoms with Gasteiger partial charge in [-0.25, -0.2) is 0 Å². The zero-order valence-electron chi connectivity index (χ0n) is 13.8. The second-order valence-electron chi connectivity index (χ2n) is 6.02. The predicted molar refractivity (Wildman–Crippen MR) is 92.8 cm³/mol. The topological polar surface area (TPSA) is 18.5 Å². The second kappa shape index (κ2) is 8.73. The van der Waals surface area contributed by atoms with Crippen LogP contribution >= 0.6 is 0 Å². The molecule has 0 saturated heterocycles. The monoisotopic (exact) mass is 304 g/mol. The molecule has 0 spiro atoms. The highest BCUT2D eigenvalue weighted by molar-refractivity contribution is 6.69. The molecule has 0 saturated carbocycles. The zero-order valence-corrected chi connectivity index (χ0v) is 14.8. The summed E-state index contributed by atoms with van der Waals surface area (Å²) in [7, 11) is -1.67. The molecular formula is C18H28O2Si. The summed E-state index contributed by atoms with van der Waals surface area (Å²) in [4.78, 5) is 0. The molecule has 1 aromatic carbocycles. The molecule has 0 fully saturated rings. The van der Waals surface area contributed by atoms with Crippen LogP contribution in [0.1, 0.15) is 31.2 Å². The Kier molecular flexibility index (Phi) is 7.30. The molecular weight excluding hydrogens is 276 g/mol. The summed E-state index contributed by atoms with van der Waals surface area (Å²) in [5.74, 6) is 0.969. The van der Waals surface area contributed by atoms with Crippen LogP contribution in [0.15, 0.2) is 55.0 Å². The fourth-order valence-electron chi connectivity index (χ4n) is 2.06. The lowest BCUT2D eigenvalue weighted by Gasteiger charge is -2.23. The maximum absolute atomic E-state index is 6.06. The third kappa shape index (κ3) is 7.18. The lowest BCUT2D eigenvalue weighted by Crippen LogP contribution is -2.26. The highest BCUT2D eigenvalue weighted by atomic mass is 28.4. The lowest BCUT2D eigenvalue weighted by molar-refractivity contribution is 0.110. The van der Waals surface area contributed by atoms with Crippen LogP contribution in [0.25, 0.3) is 0 Å². The highest BCUT2D eigenvalue weighted by Crippen LogP contribution is 2.26. The molecule has 1 atom stereocenters. The fraction of sp³-hybridized carbons (Fsp3) is 0.444. The van der Waals surface area contributed by atoms with E-state index in [-0.39, 0.29) is 0 Å². The van der Waals surface area contributed by atoms with Crippen molar-refractivity contribution in [2.45, 2.75) is 45.3 Å². The SMILES string of the molecule is C=CCCC(/C=C(/OCC)O[Si](C)(C)C)c1ccccc1. The summed E-state index contributed by atoms with van der Waals surface area (Å²) in [5.41, 5.74) is 1.29. The van der Waals surface area contributed by atoms with Crippen LogP contribution in [0, 0.1) is 0 Å². The van der Waals surface area contributed by atoms with E-state index in [1.165, 1.54) is 5.56 Å². The Bertz CT molecular complexity index is 446. The third-order valence-corrected chi connectivity index (χ3v) is 3.75. The quantitative estimate of drug-likeness (QED) is 0.342. The van der Waals surface area contributed by atoms with Gasteiger partial charge in [0.2, 0.25) is 8.32 Å². The zero-order chi connectivity index (χ0) is 15.7. The summed E-state index contributed by atoms with van der Waals surface area (Å²) in [5, 5.41) is 0. The van der Waals surface area contributed by atoms with Gasteiger partial charge in [0.15, 0.2) is 0 Å². The maximum Gasteiger partial charge on any atom is 0.261 e. The molecule has 1 unspecified atom stereocenters. The van der Waals surface area contributed by atoms with Crippen LogP contribution in [-0.4, -0.2) is 14.9 Å². The first-order valence-electron chi connectivity index (χ1n) is 7.65. The Balaban J connectivity index is 2.98. The molecule has 21 heavy (non-hydrogen) atoms. The van der Waals surface area contributed by atoms with E-state index >= 15 is 0 Å². The molecule has 0 amide bonds. The van der Waals surface area contributed by atoms with Crippen LogP contribution in [0.2, 0.25) is 19.6 Å². The van der Waals surface area contributed by atoms with E-state index in [1.807, 2.05) is 19.1 Å². The Morgan fingerprint density at radius 2 is 1.90 bits per heavy atom. The predicted octanol–water partition coefficient (Wildman–Crippen LogP) is 5.47. The van der Waals surface area contributed by atoms with Gasteiger partial charge in [0.05, 0.1) is 6.61 Å². The summed E-state index contributed by atoms with van der Waals surface area (Å²) < 4.78 is 11.8. The molecule has 0 aliphatic heterocycles. The smallest absolute Gasteiger partial charge is 0.261 e. The van der Waals surface area contributed by atoms with Crippen molar-refractivity contribution in [1.29, 1.82) is 0 Å². The van der Waals surface area contributed by atoms with E-state index in [1.54, 1.807) is 0 Å². The number of ether oxygens (including phenoxy) is 1. The summed E-state index contributed by atoms with van der Waals surface area (Å²) in [6.07, 6.45) is 6.08. The van der Waals surface area contributed by atoms with E-state index in [2.05, 4.69) is 56.6 Å². The third-order valence-electron chi connectivity index (χ3n) is 2.94. The Morgan fingerprint density at radius 3 is 2.43 bits per heavy atom. The van der Waals surface area contributed by atoms with E-state index in [0.29, 0.717) is 18.5 Å². The van der Waals surface area contributed by atoms with Gasteiger partial charge in [-0.1, -0.05) is 36.4 Å². The van der Waals surface area contributed by atoms with Crippen LogP contribution in [0.3, 0.4) is 0 Å². The minimum absolute atomic E-state index is 0.294. The van der Waals surface area contributed by atoms with E-state index in [0.717, 1.165) is 12.8 Å². The normalized spacial score (nSPS) is 13.6. The van der Waals surface area contributed by atoms with Crippen molar-refractivity contribution in [1.82, 2.24) is 0 Å². The first-order valence-corrected chi connectivity index (χ1v) is 11.1. The van der Waals surface area contributed by atoms with Crippen molar-refractivity contribution < 1.29 is 9.16 Å². The number of allylic oxidation sites excluding steroid dienone is 2. The van der Waals surface area contributed by atoms with E-state index in [4.69, 9.17) is 9.16 Å². The standard InChI is InChI=1S/C18H28O2Si/c1-6-8-12-17(16-13-10-9-11-14-16)15-18(19-7-2)20-21(3,4)5/h6,9-11,13-15,17H,1,7-8,12H2,2-5H3/b18-15-. The highest BCUT2D eigenvalue weighted by Gasteiger charge is 2.20. The van der Waals surface area contributed by atoms with Gasteiger partial charge in [0.25, 0.3) is 5.95 Å². The Labute approximate surface area is 130 Å². The number of hydrogen-bond donors (Lipinski definition) is 0. The molecule has 1 rings (SSSR count). The number of benzene rings is 1. The van der Waals surface area contributed by atoms with Gasteiger partial charge < -0.3 is 9.16 Å². The molecule has 1 aromatic rings. The summed E-state index contributed by atoms with van der Waals surface area (Å²) in [6, 6.07) is 10.5. The van der Waals surface area contributed by atoms with Gasteiger partial charge in [0.1, 0.15) is 0 Å². The molecule has 0 aromatic heterocycles. The minimum atomic E-state index is -1.67. The van der Waals surface area contributed by atoms with Crippen LogP contribution < -0.4 is 0 Å². The average molecular weight is 305 g/mol. The van der Waals surface area contributed by atoms with Crippen molar-refractivity contribution in [2.24, 2.45) is 0 Å². The summed E-state index contributed by atoms with van der Waals surface area (Å²) in [6.45, 7) is 12.9. The Hall–Kier alpha value is -1.48. The van der Waals surface area contributed by atoms with Crippen LogP contribution in [0.4, 0.5) is 0 Å². The van der Waals surface area contributed by atoms with Gasteiger partial charge in [0, 0.05) is 12.0 Å². The molecule has 116 valence electrons. The Morgan fingerprint density at radius 1 is 1.24 bits per heavy atom. The lowest BCUT2D eigenvalue weighted by atomic mass is 9.94. The first kappa shape index (κ1) is 17.6. The molecule has 0 heterocycles. The molecule has 2 nitrogen and oxygen atoms in total. The molecule has 0 aliphatic carbocycles. The van der Waals surface area contributed by atoms with Gasteiger partial charge in [-0.15, -0.1) is 6.58 Å². The average Bonchev–Trinajstić information content (AvgIpc) is 2.43. The van der Waals surface area contributed by atoms with Crippen molar-refractivity contribution in [2.75, 3.05) is 6.61 Å². The van der Waals surface area contributed by atoms with Gasteiger partial charge in [-0.05, 0) is 45.0 Å². The van der Waals surface area contributed by atoms with Gasteiger partial charge in [-0.2, -0.15) is 0 Å². The molecule has 0 aliphatic rings. The van der Waals surface area contributed by atoms with Crippen LogP contribution in [0.5, 0.6) is 0 Å². The molecule has 0 N–H and O–H groups in total. The number of rotatable bonds is 9. The maximum atomic E-state index is 6.06. The first-order chi connectivity index (χ1) is 9.96. The van der Waals surface area contributed by atoms with Crippen molar-refractivity contribution >= 4 is 8.32 Å². The largest absolute Gasteiger partial charge is 0.520 e. The van der Waals surface area contributed by atoms with Crippen molar-refractivity contribution in [3.05, 3.63) is 60.6 Å². The van der Waals surface area contributed by atoms with E-state index in [9.17, 15) is 0 Å². The van der Waals surface area contributed by atoms with Crippen LogP contribution in [-0.2, 0) is 9.16 Å². The fourth-order valence-corrected chi connectivity index (χ4v) is 2.79. The number of hydrogen-bond acceptors (Lipinski definition) is 2. The van der Waals surface area contributed by atoms with Gasteiger partial charge >= 0.3 is 0 Å². The van der Waals surface area contributed by atoms with Gasteiger partial charge in [-0.3, -0.25) is 0 Å². The second-order valence-corrected chi connectivity index (χ2v) is 10.4. The molecule has 0 radical (unpaired) electrons. The van der Waals surface area contributed by atoms with Crippen molar-refractivity contribution in [3.63, 3.8) is 0 Å². The molecule has 3 heteroatoms. The van der Waals surface area contributed by atoms with E-state index < -0.39 is 8.32 Å². The minimum Gasteiger partial charge on any atom is -0.520 e. The summed E-state index contributed by atoms with van der Waals surface area (Å²) >= 11 is 0. The van der Waals surface area contributed by atoms with Crippen molar-refractivity contribution in [3.8, 4) is 0 Å². The molecule has 0 bridgehead atoms.